The topological polar surface area (TPSA) is 123 Å². The second-order valence-electron chi connectivity index (χ2n) is 8.09. The maximum Gasteiger partial charge on any atom is 0.240 e. The lowest BCUT2D eigenvalue weighted by atomic mass is 10.1. The number of aliphatic imine (C=N–C) groups is 1. The molecule has 0 spiro atoms. The fourth-order valence-corrected chi connectivity index (χ4v) is 3.75. The van der Waals surface area contributed by atoms with Crippen molar-refractivity contribution in [3.63, 3.8) is 0 Å². The Morgan fingerprint density at radius 1 is 1.17 bits per heavy atom. The number of nitrogens with zero attached hydrogens (tertiary/aromatic N) is 6. The molecule has 2 aromatic rings. The highest BCUT2D eigenvalue weighted by Gasteiger charge is 2.16. The molecule has 1 aliphatic heterocycles. The minimum absolute atomic E-state index is 0.0318. The van der Waals surface area contributed by atoms with Crippen LogP contribution in [0.1, 0.15) is 32.4 Å². The molecule has 0 aliphatic carbocycles. The van der Waals surface area contributed by atoms with E-state index in [0.717, 1.165) is 16.2 Å². The first-order valence-electron chi connectivity index (χ1n) is 11.3. The summed E-state index contributed by atoms with van der Waals surface area (Å²) < 4.78 is 18.3. The van der Waals surface area contributed by atoms with Crippen LogP contribution in [0.25, 0.3) is 5.82 Å². The highest BCUT2D eigenvalue weighted by atomic mass is 32.2. The predicted octanol–water partition coefficient (Wildman–Crippen LogP) is 3.47. The Morgan fingerprint density at radius 2 is 1.94 bits per heavy atom. The van der Waals surface area contributed by atoms with Gasteiger partial charge in [0.25, 0.3) is 0 Å². The van der Waals surface area contributed by atoms with Gasteiger partial charge in [-0.15, -0.1) is 5.10 Å². The number of nitrogens with two attached hydrogens (primary N) is 1. The molecule has 2 atom stereocenters. The lowest BCUT2D eigenvalue weighted by Crippen LogP contribution is -2.12. The van der Waals surface area contributed by atoms with Crippen molar-refractivity contribution in [1.82, 2.24) is 24.7 Å². The number of rotatable bonds is 11. The number of anilines is 1. The first kappa shape index (κ1) is 26.6. The summed E-state index contributed by atoms with van der Waals surface area (Å²) in [4.78, 5) is 17.9. The van der Waals surface area contributed by atoms with Crippen LogP contribution in [0.4, 0.5) is 5.95 Å². The fourth-order valence-electron chi connectivity index (χ4n) is 3.13. The molecule has 0 radical (unpaired) electrons. The average Bonchev–Trinajstić information content (AvgIpc) is 3.21. The minimum atomic E-state index is -0.0807. The average molecular weight is 500 g/mol. The maximum atomic E-state index is 5.99. The molecule has 2 N–H and O–H groups in total. The van der Waals surface area contributed by atoms with Crippen molar-refractivity contribution in [2.75, 3.05) is 33.1 Å². The zero-order valence-electron chi connectivity index (χ0n) is 21.1. The van der Waals surface area contributed by atoms with Gasteiger partial charge >= 0.3 is 0 Å². The van der Waals surface area contributed by atoms with Crippen LogP contribution in [0.2, 0.25) is 0 Å². The third-order valence-corrected chi connectivity index (χ3v) is 6.07. The van der Waals surface area contributed by atoms with Gasteiger partial charge < -0.3 is 19.9 Å². The molecule has 1 aliphatic rings. The number of hydrogen-bond acceptors (Lipinski definition) is 10. The SMILES string of the molecule is COC(C)/C=C\C(=C/C(C)OC)Cc1nc(N)nn1-c1cc(OCC2=CSC(C)=NC2)nc(C)n1. The number of nitrogen functional groups attached to an aromatic ring is 1. The highest BCUT2D eigenvalue weighted by molar-refractivity contribution is 8.16. The highest BCUT2D eigenvalue weighted by Crippen LogP contribution is 2.20. The number of aryl methyl sites for hydroxylation is 1. The molecular weight excluding hydrogens is 466 g/mol. The van der Waals surface area contributed by atoms with Crippen LogP contribution in [0.3, 0.4) is 0 Å². The van der Waals surface area contributed by atoms with E-state index in [9.17, 15) is 0 Å². The van der Waals surface area contributed by atoms with Crippen molar-refractivity contribution in [1.29, 1.82) is 0 Å². The Hall–Kier alpha value is -3.02. The lowest BCUT2D eigenvalue weighted by Gasteiger charge is -2.13. The third kappa shape index (κ3) is 8.01. The largest absolute Gasteiger partial charge is 0.473 e. The van der Waals surface area contributed by atoms with Gasteiger partial charge in [-0.05, 0) is 44.2 Å². The monoisotopic (exact) mass is 499 g/mol. The van der Waals surface area contributed by atoms with Gasteiger partial charge in [0.2, 0.25) is 11.8 Å². The van der Waals surface area contributed by atoms with Crippen molar-refractivity contribution in [2.24, 2.45) is 4.99 Å². The van der Waals surface area contributed by atoms with Gasteiger partial charge in [0, 0.05) is 26.7 Å². The molecule has 3 rings (SSSR count). The number of thioether (sulfide) groups is 1. The van der Waals surface area contributed by atoms with Crippen molar-refractivity contribution >= 4 is 22.8 Å². The van der Waals surface area contributed by atoms with Crippen LogP contribution in [0.15, 0.2) is 45.8 Å². The van der Waals surface area contributed by atoms with Gasteiger partial charge in [-0.3, -0.25) is 4.99 Å². The van der Waals surface area contributed by atoms with Gasteiger partial charge in [-0.25, -0.2) is 4.98 Å². The normalized spacial score (nSPS) is 16.2. The molecule has 0 saturated carbocycles. The summed E-state index contributed by atoms with van der Waals surface area (Å²) in [5.41, 5.74) is 8.05. The third-order valence-electron chi connectivity index (χ3n) is 5.15. The number of ether oxygens (including phenoxy) is 3. The molecule has 188 valence electrons. The molecule has 0 saturated heterocycles. The Bertz CT molecular complexity index is 1140. The molecule has 0 fully saturated rings. The van der Waals surface area contributed by atoms with Gasteiger partial charge in [0.15, 0.2) is 5.82 Å². The lowest BCUT2D eigenvalue weighted by molar-refractivity contribution is 0.154. The fraction of sp³-hybridized carbons (Fsp3) is 0.458. The molecule has 3 heterocycles. The zero-order chi connectivity index (χ0) is 25.4. The van der Waals surface area contributed by atoms with E-state index < -0.39 is 0 Å². The molecule has 2 unspecified atom stereocenters. The van der Waals surface area contributed by atoms with Gasteiger partial charge in [-0.1, -0.05) is 30.0 Å². The van der Waals surface area contributed by atoms with E-state index >= 15 is 0 Å². The maximum absolute atomic E-state index is 5.99. The van der Waals surface area contributed by atoms with E-state index in [2.05, 4.69) is 30.5 Å². The van der Waals surface area contributed by atoms with Crippen molar-refractivity contribution in [3.8, 4) is 11.7 Å². The molecule has 0 aromatic carbocycles. The molecule has 0 amide bonds. The Balaban J connectivity index is 1.85. The summed E-state index contributed by atoms with van der Waals surface area (Å²) in [5.74, 6) is 2.32. The zero-order valence-corrected chi connectivity index (χ0v) is 21.9. The first-order chi connectivity index (χ1) is 16.8. The van der Waals surface area contributed by atoms with E-state index in [-0.39, 0.29) is 18.2 Å². The van der Waals surface area contributed by atoms with Crippen molar-refractivity contribution in [3.05, 3.63) is 52.5 Å². The molecule has 35 heavy (non-hydrogen) atoms. The first-order valence-corrected chi connectivity index (χ1v) is 12.2. The van der Waals surface area contributed by atoms with E-state index in [1.54, 1.807) is 43.7 Å². The van der Waals surface area contributed by atoms with E-state index in [1.165, 1.54) is 0 Å². The van der Waals surface area contributed by atoms with Crippen LogP contribution < -0.4 is 10.5 Å². The number of aromatic nitrogens is 5. The summed E-state index contributed by atoms with van der Waals surface area (Å²) in [5, 5.41) is 7.50. The summed E-state index contributed by atoms with van der Waals surface area (Å²) in [6, 6.07) is 1.74. The molecule has 0 bridgehead atoms. The molecular formula is C24H33N7O3S. The van der Waals surface area contributed by atoms with Crippen molar-refractivity contribution < 1.29 is 14.2 Å². The van der Waals surface area contributed by atoms with Crippen LogP contribution in [-0.4, -0.2) is 69.4 Å². The van der Waals surface area contributed by atoms with E-state index in [0.29, 0.717) is 42.9 Å². The number of hydrogen-bond donors (Lipinski definition) is 1. The number of methoxy groups -OCH3 is 2. The van der Waals surface area contributed by atoms with Gasteiger partial charge in [0.05, 0.1) is 23.8 Å². The number of allylic oxidation sites excluding steroid dienone is 2. The Kier molecular flexibility index (Phi) is 9.58. The summed E-state index contributed by atoms with van der Waals surface area (Å²) in [6.07, 6.45) is 6.35. The van der Waals surface area contributed by atoms with Crippen LogP contribution in [0, 0.1) is 6.92 Å². The second kappa shape index (κ2) is 12.6. The standard InChI is InChI=1S/C24H33N7O3S/c1-15(32-5)7-8-19(9-16(2)33-6)10-21-29-24(25)30-31(21)22-11-23(28-17(3)27-22)34-13-20-12-26-18(4)35-14-20/h7-9,11,14-16H,10,12-13H2,1-6H3,(H2,25,30)/b8-7-,19-9+. The Morgan fingerprint density at radius 3 is 2.63 bits per heavy atom. The summed E-state index contributed by atoms with van der Waals surface area (Å²) in [6.45, 7) is 8.76. The smallest absolute Gasteiger partial charge is 0.240 e. The summed E-state index contributed by atoms with van der Waals surface area (Å²) in [7, 11) is 3.34. The molecule has 11 heteroatoms. The Labute approximate surface area is 210 Å². The predicted molar refractivity (Wildman–Crippen MR) is 139 cm³/mol. The molecule has 2 aromatic heterocycles. The quantitative estimate of drug-likeness (QED) is 0.463. The van der Waals surface area contributed by atoms with Crippen LogP contribution in [0.5, 0.6) is 5.88 Å². The van der Waals surface area contributed by atoms with Gasteiger partial charge in [0.1, 0.15) is 18.3 Å². The van der Waals surface area contributed by atoms with Gasteiger partial charge in [-0.2, -0.15) is 14.6 Å². The van der Waals surface area contributed by atoms with Crippen LogP contribution >= 0.6 is 11.8 Å². The molecule has 10 nitrogen and oxygen atoms in total. The van der Waals surface area contributed by atoms with Crippen LogP contribution in [-0.2, 0) is 15.9 Å². The van der Waals surface area contributed by atoms with E-state index in [4.69, 9.17) is 19.9 Å². The minimum Gasteiger partial charge on any atom is -0.473 e. The summed E-state index contributed by atoms with van der Waals surface area (Å²) >= 11 is 1.60. The second-order valence-corrected chi connectivity index (χ2v) is 9.15. The van der Waals surface area contributed by atoms with E-state index in [1.807, 2.05) is 39.0 Å². The van der Waals surface area contributed by atoms with Crippen molar-refractivity contribution in [2.45, 2.75) is 46.3 Å².